The summed E-state index contributed by atoms with van der Waals surface area (Å²) in [5.41, 5.74) is 1.26. The third-order valence-corrected chi connectivity index (χ3v) is 3.01. The molecule has 4 nitrogen and oxygen atoms in total. The largest absolute Gasteiger partial charge is 0.384 e. The Morgan fingerprint density at radius 2 is 2.39 bits per heavy atom. The van der Waals surface area contributed by atoms with E-state index in [0.717, 1.165) is 0 Å². The van der Waals surface area contributed by atoms with Gasteiger partial charge in [0.2, 0.25) is 0 Å². The number of carbonyl (C=O) groups excluding carboxylic acids is 1. The first-order chi connectivity index (χ1) is 8.81. The summed E-state index contributed by atoms with van der Waals surface area (Å²) >= 11 is 1.31. The first-order valence-corrected chi connectivity index (χ1v) is 6.08. The number of hydrogen-bond donors (Lipinski definition) is 2. The number of amides is 1. The van der Waals surface area contributed by atoms with Crippen LogP contribution < -0.4 is 5.32 Å². The predicted molar refractivity (Wildman–Crippen MR) is 70.5 cm³/mol. The maximum absolute atomic E-state index is 12.0. The third-order valence-electron chi connectivity index (χ3n) is 2.09. The predicted octanol–water partition coefficient (Wildman–Crippen LogP) is 1.74. The summed E-state index contributed by atoms with van der Waals surface area (Å²) in [5, 5.41) is 13.2. The van der Waals surface area contributed by atoms with Crippen molar-refractivity contribution >= 4 is 22.9 Å². The minimum atomic E-state index is -0.223. The topological polar surface area (TPSA) is 62.2 Å². The number of hydrogen-bond acceptors (Lipinski definition) is 4. The third kappa shape index (κ3) is 2.94. The lowest BCUT2D eigenvalue weighted by Gasteiger charge is -2.02. The second-order valence-electron chi connectivity index (χ2n) is 3.32. The highest BCUT2D eigenvalue weighted by Crippen LogP contribution is 2.17. The molecule has 0 saturated carbocycles. The van der Waals surface area contributed by atoms with Crippen molar-refractivity contribution in [3.05, 3.63) is 46.4 Å². The van der Waals surface area contributed by atoms with Gasteiger partial charge in [-0.2, -0.15) is 0 Å². The zero-order valence-corrected chi connectivity index (χ0v) is 10.2. The summed E-state index contributed by atoms with van der Waals surface area (Å²) in [6.45, 7) is -0.223. The van der Waals surface area contributed by atoms with Gasteiger partial charge < -0.3 is 10.4 Å². The molecule has 2 aromatic heterocycles. The van der Waals surface area contributed by atoms with Crippen molar-refractivity contribution in [2.75, 3.05) is 11.9 Å². The molecule has 0 spiro atoms. The molecule has 0 atom stereocenters. The van der Waals surface area contributed by atoms with Crippen LogP contribution in [0.5, 0.6) is 0 Å². The summed E-state index contributed by atoms with van der Waals surface area (Å²) in [5.74, 6) is 5.05. The number of anilines is 1. The van der Waals surface area contributed by atoms with E-state index in [1.165, 1.54) is 11.3 Å². The number of nitrogens with zero attached hydrogens (tertiary/aromatic N) is 1. The quantitative estimate of drug-likeness (QED) is 0.806. The van der Waals surface area contributed by atoms with E-state index < -0.39 is 0 Å². The van der Waals surface area contributed by atoms with Gasteiger partial charge >= 0.3 is 0 Å². The average molecular weight is 258 g/mol. The molecule has 0 aliphatic heterocycles. The molecule has 0 unspecified atom stereocenters. The molecular formula is C13H10N2O2S. The van der Waals surface area contributed by atoms with Crippen molar-refractivity contribution in [2.45, 2.75) is 0 Å². The van der Waals surface area contributed by atoms with E-state index in [0.29, 0.717) is 16.1 Å². The maximum atomic E-state index is 12.0. The molecule has 2 heterocycles. The highest BCUT2D eigenvalue weighted by molar-refractivity contribution is 7.12. The SMILES string of the molecule is O=C(Nc1cccnc1)c1sccc1C#CCO. The van der Waals surface area contributed by atoms with Gasteiger partial charge in [-0.15, -0.1) is 11.3 Å². The Bertz CT molecular complexity index is 596. The highest BCUT2D eigenvalue weighted by atomic mass is 32.1. The van der Waals surface area contributed by atoms with Crippen molar-refractivity contribution in [2.24, 2.45) is 0 Å². The Labute approximate surface area is 108 Å². The molecule has 2 rings (SSSR count). The summed E-state index contributed by atoms with van der Waals surface area (Å²) < 4.78 is 0. The molecule has 0 bridgehead atoms. The number of thiophene rings is 1. The van der Waals surface area contributed by atoms with Crippen molar-refractivity contribution < 1.29 is 9.90 Å². The van der Waals surface area contributed by atoms with Gasteiger partial charge in [-0.05, 0) is 23.6 Å². The van der Waals surface area contributed by atoms with Gasteiger partial charge in [-0.1, -0.05) is 11.8 Å². The Kier molecular flexibility index (Phi) is 4.07. The van der Waals surface area contributed by atoms with E-state index in [4.69, 9.17) is 5.11 Å². The smallest absolute Gasteiger partial charge is 0.267 e. The molecule has 0 saturated heterocycles. The molecular weight excluding hydrogens is 248 g/mol. The van der Waals surface area contributed by atoms with Crippen molar-refractivity contribution in [1.29, 1.82) is 0 Å². The second-order valence-corrected chi connectivity index (χ2v) is 4.24. The number of pyridine rings is 1. The van der Waals surface area contributed by atoms with Gasteiger partial charge in [0.15, 0.2) is 0 Å². The summed E-state index contributed by atoms with van der Waals surface area (Å²) in [4.78, 5) is 16.4. The molecule has 1 amide bonds. The lowest BCUT2D eigenvalue weighted by Crippen LogP contribution is -2.11. The molecule has 2 aromatic rings. The van der Waals surface area contributed by atoms with E-state index in [9.17, 15) is 4.79 Å². The molecule has 90 valence electrons. The van der Waals surface area contributed by atoms with E-state index in [1.54, 1.807) is 36.0 Å². The first-order valence-electron chi connectivity index (χ1n) is 5.20. The van der Waals surface area contributed by atoms with E-state index >= 15 is 0 Å². The molecule has 0 aliphatic rings. The maximum Gasteiger partial charge on any atom is 0.267 e. The fraction of sp³-hybridized carbons (Fsp3) is 0.0769. The monoisotopic (exact) mass is 258 g/mol. The van der Waals surface area contributed by atoms with Crippen LogP contribution in [0.1, 0.15) is 15.2 Å². The number of aliphatic hydroxyl groups excluding tert-OH is 1. The number of aromatic nitrogens is 1. The molecule has 0 radical (unpaired) electrons. The Morgan fingerprint density at radius 3 is 3.11 bits per heavy atom. The number of nitrogens with one attached hydrogen (secondary N) is 1. The normalized spacial score (nSPS) is 9.39. The molecule has 2 N–H and O–H groups in total. The fourth-order valence-electron chi connectivity index (χ4n) is 1.34. The minimum Gasteiger partial charge on any atom is -0.384 e. The van der Waals surface area contributed by atoms with Gasteiger partial charge in [0, 0.05) is 11.8 Å². The molecule has 0 aromatic carbocycles. The number of rotatable bonds is 2. The zero-order valence-electron chi connectivity index (χ0n) is 9.38. The van der Waals surface area contributed by atoms with Gasteiger partial charge in [0.1, 0.15) is 11.5 Å². The minimum absolute atomic E-state index is 0.222. The number of aliphatic hydroxyl groups is 1. The molecule has 18 heavy (non-hydrogen) atoms. The standard InChI is InChI=1S/C13H10N2O2S/c16-7-2-3-10-5-8-18-12(10)13(17)15-11-4-1-6-14-9-11/h1,4-6,8-9,16H,7H2,(H,15,17). The van der Waals surface area contributed by atoms with Gasteiger partial charge in [-0.25, -0.2) is 0 Å². The fourth-order valence-corrected chi connectivity index (χ4v) is 2.09. The molecule has 0 fully saturated rings. The summed E-state index contributed by atoms with van der Waals surface area (Å²) in [6, 6.07) is 5.26. The van der Waals surface area contributed by atoms with Gasteiger partial charge in [-0.3, -0.25) is 9.78 Å². The summed E-state index contributed by atoms with van der Waals surface area (Å²) in [7, 11) is 0. The van der Waals surface area contributed by atoms with Crippen molar-refractivity contribution in [3.8, 4) is 11.8 Å². The van der Waals surface area contributed by atoms with Crippen LogP contribution in [-0.4, -0.2) is 22.6 Å². The van der Waals surface area contributed by atoms with Crippen LogP contribution in [0.3, 0.4) is 0 Å². The average Bonchev–Trinajstić information content (AvgIpc) is 2.86. The van der Waals surface area contributed by atoms with E-state index in [1.807, 2.05) is 0 Å². The van der Waals surface area contributed by atoms with Gasteiger partial charge in [0.25, 0.3) is 5.91 Å². The Morgan fingerprint density at radius 1 is 1.50 bits per heavy atom. The van der Waals surface area contributed by atoms with E-state index in [-0.39, 0.29) is 12.5 Å². The van der Waals surface area contributed by atoms with Crippen molar-refractivity contribution in [1.82, 2.24) is 4.98 Å². The first kappa shape index (κ1) is 12.3. The van der Waals surface area contributed by atoms with Crippen LogP contribution >= 0.6 is 11.3 Å². The number of carbonyl (C=O) groups is 1. The van der Waals surface area contributed by atoms with Gasteiger partial charge in [0.05, 0.1) is 11.9 Å². The van der Waals surface area contributed by atoms with Crippen LogP contribution in [0, 0.1) is 11.8 Å². The van der Waals surface area contributed by atoms with Crippen LogP contribution in [0.15, 0.2) is 36.0 Å². The second kappa shape index (κ2) is 5.96. The molecule has 0 aliphatic carbocycles. The van der Waals surface area contributed by atoms with Crippen LogP contribution in [0.25, 0.3) is 0 Å². The van der Waals surface area contributed by atoms with Crippen LogP contribution in [0.2, 0.25) is 0 Å². The summed E-state index contributed by atoms with van der Waals surface area (Å²) in [6.07, 6.45) is 3.21. The lowest BCUT2D eigenvalue weighted by molar-refractivity contribution is 0.103. The van der Waals surface area contributed by atoms with Crippen molar-refractivity contribution in [3.63, 3.8) is 0 Å². The Balaban J connectivity index is 2.17. The van der Waals surface area contributed by atoms with Crippen LogP contribution in [0.4, 0.5) is 5.69 Å². The zero-order chi connectivity index (χ0) is 12.8. The molecule has 5 heteroatoms. The van der Waals surface area contributed by atoms with E-state index in [2.05, 4.69) is 22.1 Å². The lowest BCUT2D eigenvalue weighted by atomic mass is 10.2. The van der Waals surface area contributed by atoms with Crippen LogP contribution in [-0.2, 0) is 0 Å². The Hall–Kier alpha value is -2.16. The highest BCUT2D eigenvalue weighted by Gasteiger charge is 2.11.